The molecule has 0 aliphatic heterocycles. The summed E-state index contributed by atoms with van der Waals surface area (Å²) in [5.41, 5.74) is 3.44. The van der Waals surface area contributed by atoms with Gasteiger partial charge in [0.15, 0.2) is 5.13 Å². The van der Waals surface area contributed by atoms with Crippen LogP contribution in [0.1, 0.15) is 36.7 Å². The molecule has 0 saturated carbocycles. The molecule has 0 saturated heterocycles. The first-order valence-electron chi connectivity index (χ1n) is 9.13. The van der Waals surface area contributed by atoms with E-state index < -0.39 is 0 Å². The van der Waals surface area contributed by atoms with E-state index in [0.29, 0.717) is 17.2 Å². The van der Waals surface area contributed by atoms with Crippen LogP contribution in [0.25, 0.3) is 0 Å². The zero-order chi connectivity index (χ0) is 20.3. The number of hydrogen-bond acceptors (Lipinski definition) is 4. The third kappa shape index (κ3) is 4.46. The van der Waals surface area contributed by atoms with Gasteiger partial charge in [0.25, 0.3) is 0 Å². The van der Waals surface area contributed by atoms with Gasteiger partial charge in [0.2, 0.25) is 5.91 Å². The molecule has 0 aliphatic rings. The molecule has 0 radical (unpaired) electrons. The Balaban J connectivity index is 1.78. The number of nitrogens with zero attached hydrogens (tertiary/aromatic N) is 3. The first-order valence-corrected chi connectivity index (χ1v) is 10.0. The van der Waals surface area contributed by atoms with E-state index in [1.54, 1.807) is 17.0 Å². The van der Waals surface area contributed by atoms with Crippen molar-refractivity contribution in [2.45, 2.75) is 33.4 Å². The Morgan fingerprint density at radius 3 is 2.50 bits per heavy atom. The van der Waals surface area contributed by atoms with Gasteiger partial charge >= 0.3 is 0 Å². The Bertz CT molecular complexity index is 954. The van der Waals surface area contributed by atoms with E-state index in [-0.39, 0.29) is 17.8 Å². The highest BCUT2D eigenvalue weighted by Gasteiger charge is 2.20. The highest BCUT2D eigenvalue weighted by atomic mass is 32.1. The number of carbonyl (C=O) groups excluding carboxylic acids is 1. The lowest BCUT2D eigenvalue weighted by molar-refractivity contribution is -0.115. The van der Waals surface area contributed by atoms with Crippen LogP contribution in [0.15, 0.2) is 53.9 Å². The van der Waals surface area contributed by atoms with Crippen molar-refractivity contribution in [2.24, 2.45) is 0 Å². The average molecular weight is 398 g/mol. The Morgan fingerprint density at radius 1 is 1.18 bits per heavy atom. The standard InChI is InChI=1S/C22H24FN3OS/c1-15-9-11-19(12-10-15)26(17(3)27)22-24-18(14-28-22)13-25(4)16(2)20-7-5-6-8-21(20)23/h5-12,14,16H,13H2,1-4H3. The lowest BCUT2D eigenvalue weighted by atomic mass is 10.1. The molecule has 6 heteroatoms. The minimum atomic E-state index is -0.206. The predicted octanol–water partition coefficient (Wildman–Crippen LogP) is 5.47. The zero-order valence-corrected chi connectivity index (χ0v) is 17.3. The fourth-order valence-electron chi connectivity index (χ4n) is 3.04. The van der Waals surface area contributed by atoms with Crippen LogP contribution in [0.2, 0.25) is 0 Å². The van der Waals surface area contributed by atoms with Gasteiger partial charge in [0, 0.05) is 30.5 Å². The van der Waals surface area contributed by atoms with Crippen molar-refractivity contribution in [1.82, 2.24) is 9.88 Å². The van der Waals surface area contributed by atoms with Crippen molar-refractivity contribution in [3.05, 3.63) is 76.5 Å². The van der Waals surface area contributed by atoms with Crippen LogP contribution in [-0.2, 0) is 11.3 Å². The molecule has 0 N–H and O–H groups in total. The molecule has 1 atom stereocenters. The minimum Gasteiger partial charge on any atom is -0.294 e. The van der Waals surface area contributed by atoms with Gasteiger partial charge in [0.1, 0.15) is 5.82 Å². The molecular formula is C22H24FN3OS. The molecule has 1 heterocycles. The SMILES string of the molecule is CC(=O)N(c1ccc(C)cc1)c1nc(CN(C)C(C)c2ccccc2F)cs1. The Hall–Kier alpha value is -2.57. The van der Waals surface area contributed by atoms with Crippen molar-refractivity contribution in [2.75, 3.05) is 11.9 Å². The number of halogens is 1. The molecule has 3 rings (SSSR count). The van der Waals surface area contributed by atoms with Gasteiger partial charge in [-0.15, -0.1) is 11.3 Å². The molecule has 4 nitrogen and oxygen atoms in total. The van der Waals surface area contributed by atoms with E-state index in [1.807, 2.05) is 61.5 Å². The average Bonchev–Trinajstić information content (AvgIpc) is 3.11. The number of benzene rings is 2. The monoisotopic (exact) mass is 397 g/mol. The Kier molecular flexibility index (Phi) is 6.21. The summed E-state index contributed by atoms with van der Waals surface area (Å²) in [6.07, 6.45) is 0. The molecule has 146 valence electrons. The van der Waals surface area contributed by atoms with Crippen LogP contribution < -0.4 is 4.90 Å². The van der Waals surface area contributed by atoms with Crippen LogP contribution in [0.4, 0.5) is 15.2 Å². The third-order valence-corrected chi connectivity index (χ3v) is 5.64. The van der Waals surface area contributed by atoms with Gasteiger partial charge < -0.3 is 0 Å². The number of anilines is 2. The summed E-state index contributed by atoms with van der Waals surface area (Å²) < 4.78 is 14.1. The summed E-state index contributed by atoms with van der Waals surface area (Å²) in [6.45, 7) is 6.08. The molecule has 1 unspecified atom stereocenters. The quantitative estimate of drug-likeness (QED) is 0.553. The normalized spacial score (nSPS) is 12.2. The predicted molar refractivity (Wildman–Crippen MR) is 112 cm³/mol. The van der Waals surface area contributed by atoms with E-state index in [1.165, 1.54) is 24.3 Å². The van der Waals surface area contributed by atoms with Gasteiger partial charge in [-0.3, -0.25) is 14.6 Å². The fourth-order valence-corrected chi connectivity index (χ4v) is 3.91. The van der Waals surface area contributed by atoms with Crippen molar-refractivity contribution in [1.29, 1.82) is 0 Å². The van der Waals surface area contributed by atoms with Gasteiger partial charge in [-0.2, -0.15) is 0 Å². The minimum absolute atomic E-state index is 0.0853. The van der Waals surface area contributed by atoms with Crippen LogP contribution in [-0.4, -0.2) is 22.8 Å². The maximum absolute atomic E-state index is 14.1. The molecule has 0 bridgehead atoms. The topological polar surface area (TPSA) is 36.4 Å². The number of rotatable bonds is 6. The van der Waals surface area contributed by atoms with E-state index in [2.05, 4.69) is 4.98 Å². The maximum atomic E-state index is 14.1. The summed E-state index contributed by atoms with van der Waals surface area (Å²) >= 11 is 1.43. The van der Waals surface area contributed by atoms with E-state index in [0.717, 1.165) is 16.9 Å². The molecule has 1 amide bonds. The summed E-state index contributed by atoms with van der Waals surface area (Å²) in [6, 6.07) is 14.5. The lowest BCUT2D eigenvalue weighted by Crippen LogP contribution is -2.24. The van der Waals surface area contributed by atoms with Crippen LogP contribution in [0.3, 0.4) is 0 Å². The summed E-state index contributed by atoms with van der Waals surface area (Å²) in [7, 11) is 1.94. The summed E-state index contributed by atoms with van der Waals surface area (Å²) in [4.78, 5) is 20.6. The molecular weight excluding hydrogens is 373 g/mol. The molecule has 0 spiro atoms. The highest BCUT2D eigenvalue weighted by Crippen LogP contribution is 2.30. The van der Waals surface area contributed by atoms with E-state index >= 15 is 0 Å². The first kappa shape index (κ1) is 20.2. The van der Waals surface area contributed by atoms with Crippen molar-refractivity contribution in [3.8, 4) is 0 Å². The first-order chi connectivity index (χ1) is 13.4. The fraction of sp³-hybridized carbons (Fsp3) is 0.273. The van der Waals surface area contributed by atoms with E-state index in [4.69, 9.17) is 0 Å². The smallest absolute Gasteiger partial charge is 0.230 e. The summed E-state index contributed by atoms with van der Waals surface area (Å²) in [5.74, 6) is -0.291. The number of thiazole rings is 1. The van der Waals surface area contributed by atoms with Crippen molar-refractivity contribution < 1.29 is 9.18 Å². The number of hydrogen-bond donors (Lipinski definition) is 0. The number of carbonyl (C=O) groups is 1. The van der Waals surface area contributed by atoms with Crippen LogP contribution >= 0.6 is 11.3 Å². The van der Waals surface area contributed by atoms with Crippen LogP contribution in [0, 0.1) is 12.7 Å². The van der Waals surface area contributed by atoms with Crippen molar-refractivity contribution in [3.63, 3.8) is 0 Å². The molecule has 3 aromatic rings. The lowest BCUT2D eigenvalue weighted by Gasteiger charge is -2.24. The van der Waals surface area contributed by atoms with Gasteiger partial charge in [0.05, 0.1) is 11.4 Å². The Labute approximate surface area is 169 Å². The molecule has 1 aromatic heterocycles. The third-order valence-electron chi connectivity index (χ3n) is 4.77. The molecule has 28 heavy (non-hydrogen) atoms. The second-order valence-electron chi connectivity index (χ2n) is 6.92. The van der Waals surface area contributed by atoms with Crippen molar-refractivity contribution >= 4 is 28.1 Å². The van der Waals surface area contributed by atoms with E-state index in [9.17, 15) is 9.18 Å². The largest absolute Gasteiger partial charge is 0.294 e. The maximum Gasteiger partial charge on any atom is 0.230 e. The van der Waals surface area contributed by atoms with Gasteiger partial charge in [-0.05, 0) is 39.1 Å². The zero-order valence-electron chi connectivity index (χ0n) is 16.5. The molecule has 2 aromatic carbocycles. The number of aromatic nitrogens is 1. The van der Waals surface area contributed by atoms with Crippen LogP contribution in [0.5, 0.6) is 0 Å². The molecule has 0 fully saturated rings. The molecule has 0 aliphatic carbocycles. The number of aryl methyl sites for hydroxylation is 1. The second kappa shape index (κ2) is 8.63. The van der Waals surface area contributed by atoms with Gasteiger partial charge in [-0.1, -0.05) is 35.9 Å². The van der Waals surface area contributed by atoms with Gasteiger partial charge in [-0.25, -0.2) is 9.37 Å². The second-order valence-corrected chi connectivity index (χ2v) is 7.76. The highest BCUT2D eigenvalue weighted by molar-refractivity contribution is 7.14. The Morgan fingerprint density at radius 2 is 1.86 bits per heavy atom. The summed E-state index contributed by atoms with van der Waals surface area (Å²) in [5, 5.41) is 2.59. The number of amides is 1.